The molecule has 1 rings (SSSR count). The minimum Gasteiger partial charge on any atom is -0.465 e. The molecule has 0 bridgehead atoms. The number of carbonyl (C=O) groups excluding carboxylic acids is 1. The zero-order valence-electron chi connectivity index (χ0n) is 13.5. The van der Waals surface area contributed by atoms with Crippen LogP contribution in [0.4, 0.5) is 0 Å². The van der Waals surface area contributed by atoms with Crippen LogP contribution in [0.1, 0.15) is 40.0 Å². The van der Waals surface area contributed by atoms with E-state index < -0.39 is 5.54 Å². The lowest BCUT2D eigenvalue weighted by atomic mass is 9.94. The molecular formula is C15H29NO4. The second-order valence-corrected chi connectivity index (χ2v) is 5.98. The lowest BCUT2D eigenvalue weighted by Gasteiger charge is -2.31. The Bertz CT molecular complexity index is 315. The number of carbonyl (C=O) groups is 1. The molecule has 0 amide bonds. The SMILES string of the molecule is CCOC(=O)C(COCCC(C)(C)OC)(NC)C1CC1. The lowest BCUT2D eigenvalue weighted by molar-refractivity contribution is -0.155. The van der Waals surface area contributed by atoms with Gasteiger partial charge in [0, 0.05) is 13.7 Å². The van der Waals surface area contributed by atoms with Gasteiger partial charge in [-0.25, -0.2) is 4.79 Å². The summed E-state index contributed by atoms with van der Waals surface area (Å²) in [5.74, 6) is 0.123. The second-order valence-electron chi connectivity index (χ2n) is 5.98. The zero-order valence-corrected chi connectivity index (χ0v) is 13.5. The predicted molar refractivity (Wildman–Crippen MR) is 77.7 cm³/mol. The smallest absolute Gasteiger partial charge is 0.329 e. The van der Waals surface area contributed by atoms with Gasteiger partial charge in [-0.1, -0.05) is 0 Å². The first-order valence-electron chi connectivity index (χ1n) is 7.41. The highest BCUT2D eigenvalue weighted by atomic mass is 16.5. The maximum atomic E-state index is 12.2. The van der Waals surface area contributed by atoms with Gasteiger partial charge >= 0.3 is 5.97 Å². The number of rotatable bonds is 10. The number of nitrogens with one attached hydrogen (secondary N) is 1. The molecule has 0 aliphatic heterocycles. The Morgan fingerprint density at radius 1 is 1.35 bits per heavy atom. The Labute approximate surface area is 122 Å². The molecule has 0 heterocycles. The van der Waals surface area contributed by atoms with Crippen molar-refractivity contribution >= 4 is 5.97 Å². The molecule has 1 aliphatic rings. The fourth-order valence-corrected chi connectivity index (χ4v) is 2.21. The number of methoxy groups -OCH3 is 1. The first-order chi connectivity index (χ1) is 9.41. The summed E-state index contributed by atoms with van der Waals surface area (Å²) in [6.07, 6.45) is 2.88. The molecule has 0 saturated heterocycles. The van der Waals surface area contributed by atoms with E-state index in [-0.39, 0.29) is 11.6 Å². The Morgan fingerprint density at radius 3 is 2.45 bits per heavy atom. The monoisotopic (exact) mass is 287 g/mol. The second kappa shape index (κ2) is 7.38. The molecule has 1 fully saturated rings. The fraction of sp³-hybridized carbons (Fsp3) is 0.933. The summed E-state index contributed by atoms with van der Waals surface area (Å²) < 4.78 is 16.3. The van der Waals surface area contributed by atoms with E-state index in [0.717, 1.165) is 19.3 Å². The van der Waals surface area contributed by atoms with E-state index in [0.29, 0.717) is 25.7 Å². The van der Waals surface area contributed by atoms with Crippen molar-refractivity contribution in [3.8, 4) is 0 Å². The third-order valence-electron chi connectivity index (χ3n) is 4.09. The molecule has 0 spiro atoms. The van der Waals surface area contributed by atoms with Gasteiger partial charge in [0.2, 0.25) is 0 Å². The van der Waals surface area contributed by atoms with E-state index in [4.69, 9.17) is 14.2 Å². The minimum absolute atomic E-state index is 0.198. The number of hydrogen-bond donors (Lipinski definition) is 1. The molecule has 1 aliphatic carbocycles. The summed E-state index contributed by atoms with van der Waals surface area (Å²) in [6.45, 7) is 7.18. The molecule has 1 atom stereocenters. The van der Waals surface area contributed by atoms with Crippen LogP contribution in [-0.4, -0.2) is 51.1 Å². The lowest BCUT2D eigenvalue weighted by Crippen LogP contribution is -2.57. The summed E-state index contributed by atoms with van der Waals surface area (Å²) in [5, 5.41) is 3.14. The Balaban J connectivity index is 2.51. The van der Waals surface area contributed by atoms with E-state index in [1.807, 2.05) is 20.8 Å². The zero-order chi connectivity index (χ0) is 15.2. The van der Waals surface area contributed by atoms with Gasteiger partial charge in [0.05, 0.1) is 18.8 Å². The van der Waals surface area contributed by atoms with Crippen LogP contribution in [0.5, 0.6) is 0 Å². The molecule has 1 saturated carbocycles. The standard InChI is InChI=1S/C15H29NO4/c1-6-20-13(17)15(16-4,12-7-8-12)11-19-10-9-14(2,3)18-5/h12,16H,6-11H2,1-5H3. The number of hydrogen-bond acceptors (Lipinski definition) is 5. The summed E-state index contributed by atoms with van der Waals surface area (Å²) >= 11 is 0. The molecule has 0 aromatic carbocycles. The average Bonchev–Trinajstić information content (AvgIpc) is 3.24. The predicted octanol–water partition coefficient (Wildman–Crippen LogP) is 1.75. The van der Waals surface area contributed by atoms with E-state index in [1.165, 1.54) is 0 Å². The highest BCUT2D eigenvalue weighted by Crippen LogP contribution is 2.40. The van der Waals surface area contributed by atoms with E-state index in [9.17, 15) is 4.79 Å². The minimum atomic E-state index is -0.687. The third-order valence-corrected chi connectivity index (χ3v) is 4.09. The van der Waals surface area contributed by atoms with Gasteiger partial charge in [0.1, 0.15) is 5.54 Å². The Hall–Kier alpha value is -0.650. The largest absolute Gasteiger partial charge is 0.465 e. The molecular weight excluding hydrogens is 258 g/mol. The summed E-state index contributed by atoms with van der Waals surface area (Å²) in [4.78, 5) is 12.2. The molecule has 0 radical (unpaired) electrons. The van der Waals surface area contributed by atoms with Crippen molar-refractivity contribution in [2.75, 3.05) is 34.0 Å². The Kier molecular flexibility index (Phi) is 6.43. The van der Waals surface area contributed by atoms with Crippen molar-refractivity contribution in [2.45, 2.75) is 51.2 Å². The van der Waals surface area contributed by atoms with Crippen LogP contribution in [0, 0.1) is 5.92 Å². The van der Waals surface area contributed by atoms with Crippen LogP contribution in [0.3, 0.4) is 0 Å². The summed E-state index contributed by atoms with van der Waals surface area (Å²) in [6, 6.07) is 0. The fourth-order valence-electron chi connectivity index (χ4n) is 2.21. The number of likely N-dealkylation sites (N-methyl/N-ethyl adjacent to an activating group) is 1. The van der Waals surface area contributed by atoms with Gasteiger partial charge in [-0.3, -0.25) is 0 Å². The van der Waals surface area contributed by atoms with Crippen molar-refractivity contribution in [1.82, 2.24) is 5.32 Å². The third kappa shape index (κ3) is 4.43. The van der Waals surface area contributed by atoms with Crippen LogP contribution in [0.15, 0.2) is 0 Å². The van der Waals surface area contributed by atoms with E-state index in [2.05, 4.69) is 5.32 Å². The van der Waals surface area contributed by atoms with Gasteiger partial charge in [0.25, 0.3) is 0 Å². The molecule has 20 heavy (non-hydrogen) atoms. The van der Waals surface area contributed by atoms with Crippen molar-refractivity contribution in [1.29, 1.82) is 0 Å². The van der Waals surface area contributed by atoms with Crippen LogP contribution in [0.25, 0.3) is 0 Å². The van der Waals surface area contributed by atoms with Crippen LogP contribution >= 0.6 is 0 Å². The maximum Gasteiger partial charge on any atom is 0.329 e. The van der Waals surface area contributed by atoms with Gasteiger partial charge in [-0.05, 0) is 53.0 Å². The van der Waals surface area contributed by atoms with Gasteiger partial charge in [0.15, 0.2) is 0 Å². The normalized spacial score (nSPS) is 18.6. The average molecular weight is 287 g/mol. The Morgan fingerprint density at radius 2 is 2.00 bits per heavy atom. The van der Waals surface area contributed by atoms with Gasteiger partial charge < -0.3 is 19.5 Å². The molecule has 1 N–H and O–H groups in total. The molecule has 5 heteroatoms. The first-order valence-corrected chi connectivity index (χ1v) is 7.41. The molecule has 0 aromatic rings. The summed E-state index contributed by atoms with van der Waals surface area (Å²) in [7, 11) is 3.50. The molecule has 118 valence electrons. The van der Waals surface area contributed by atoms with Crippen molar-refractivity contribution in [2.24, 2.45) is 5.92 Å². The van der Waals surface area contributed by atoms with Crippen molar-refractivity contribution < 1.29 is 19.0 Å². The van der Waals surface area contributed by atoms with Gasteiger partial charge in [-0.15, -0.1) is 0 Å². The summed E-state index contributed by atoms with van der Waals surface area (Å²) in [5.41, 5.74) is -0.890. The van der Waals surface area contributed by atoms with E-state index >= 15 is 0 Å². The quantitative estimate of drug-likeness (QED) is 0.490. The molecule has 5 nitrogen and oxygen atoms in total. The maximum absolute atomic E-state index is 12.2. The molecule has 0 aromatic heterocycles. The topological polar surface area (TPSA) is 56.8 Å². The van der Waals surface area contributed by atoms with Crippen molar-refractivity contribution in [3.05, 3.63) is 0 Å². The van der Waals surface area contributed by atoms with Gasteiger partial charge in [-0.2, -0.15) is 0 Å². The van der Waals surface area contributed by atoms with E-state index in [1.54, 1.807) is 14.2 Å². The highest BCUT2D eigenvalue weighted by molar-refractivity contribution is 5.82. The number of esters is 1. The highest BCUT2D eigenvalue weighted by Gasteiger charge is 2.51. The van der Waals surface area contributed by atoms with Crippen LogP contribution < -0.4 is 5.32 Å². The molecule has 1 unspecified atom stereocenters. The van der Waals surface area contributed by atoms with Crippen LogP contribution in [0.2, 0.25) is 0 Å². The van der Waals surface area contributed by atoms with Crippen molar-refractivity contribution in [3.63, 3.8) is 0 Å². The van der Waals surface area contributed by atoms with Crippen LogP contribution in [-0.2, 0) is 19.0 Å². The number of ether oxygens (including phenoxy) is 3. The first kappa shape index (κ1) is 17.4.